The molecule has 6 unspecified atom stereocenters. The van der Waals surface area contributed by atoms with Gasteiger partial charge in [-0.15, -0.1) is 0 Å². The Morgan fingerprint density at radius 3 is 0.859 bits per heavy atom. The molecule has 7 rings (SSSR count). The topological polar surface area (TPSA) is 84.2 Å². The number of aryl methyl sites for hydroxylation is 4. The molecule has 0 saturated heterocycles. The van der Waals surface area contributed by atoms with Gasteiger partial charge in [-0.05, 0) is 284 Å². The van der Waals surface area contributed by atoms with Gasteiger partial charge in [0.2, 0.25) is 0 Å². The highest BCUT2D eigenvalue weighted by Crippen LogP contribution is 2.27. The Morgan fingerprint density at radius 1 is 0.326 bits per heavy atom. The fourth-order valence-corrected chi connectivity index (χ4v) is 10.7. The van der Waals surface area contributed by atoms with Crippen LogP contribution in [0.1, 0.15) is 292 Å². The van der Waals surface area contributed by atoms with Gasteiger partial charge in [-0.2, -0.15) is 0 Å². The lowest BCUT2D eigenvalue weighted by Crippen LogP contribution is -2.37. The molecule has 9 heteroatoms. The molecule has 1 saturated carbocycles. The van der Waals surface area contributed by atoms with Crippen LogP contribution in [0.25, 0.3) is 0 Å². The second-order valence-electron chi connectivity index (χ2n) is 33.0. The summed E-state index contributed by atoms with van der Waals surface area (Å²) in [5, 5.41) is 25.4. The van der Waals surface area contributed by atoms with Crippen molar-refractivity contribution in [3.05, 3.63) is 212 Å². The lowest BCUT2D eigenvalue weighted by molar-refractivity contribution is 0.377. The van der Waals surface area contributed by atoms with E-state index in [4.69, 9.17) is 11.6 Å². The van der Waals surface area contributed by atoms with Gasteiger partial charge in [0, 0.05) is 86.1 Å². The first-order valence-corrected chi connectivity index (χ1v) is 34.5. The van der Waals surface area contributed by atoms with Crippen molar-refractivity contribution in [2.75, 3.05) is 0 Å². The predicted octanol–water partition coefficient (Wildman–Crippen LogP) is 22.4. The van der Waals surface area contributed by atoms with Crippen molar-refractivity contribution in [1.29, 1.82) is 0 Å². The normalized spacial score (nSPS) is 14.7. The first kappa shape index (κ1) is 85.3. The summed E-state index contributed by atoms with van der Waals surface area (Å²) in [7, 11) is 0. The summed E-state index contributed by atoms with van der Waals surface area (Å²) < 4.78 is 13.3. The molecule has 0 aromatic heterocycles. The molecule has 7 N–H and O–H groups in total. The molecular weight excluding hydrogens is 1150 g/mol. The lowest BCUT2D eigenvalue weighted by Gasteiger charge is -2.27. The Kier molecular flexibility index (Phi) is 35.9. The maximum atomic E-state index is 13.3. The Balaban J connectivity index is 0.000000540. The highest BCUT2D eigenvalue weighted by atomic mass is 35.5. The number of rotatable bonds is 13. The maximum Gasteiger partial charge on any atom is 0.126 e. The maximum absolute atomic E-state index is 13.3. The van der Waals surface area contributed by atoms with E-state index in [1.54, 1.807) is 13.0 Å². The summed E-state index contributed by atoms with van der Waals surface area (Å²) in [6, 6.07) is 53.0. The SMILES string of the molecule is CC(C)(C)NC1CC1.CC(NC(C)(C)C)c1ccccc1.CC(NC(C)(C)C)c1ccccc1.Cc1ccc(C(C)NC(C)(C)C)c(Cl)c1.Cc1ccc(C(C)NC(C)(C)C)cc1.Cc1ccc(C(C)NC(C)(C)C)cc1.Cc1ccc(C(C)NC(C)(C)C)cc1F. The summed E-state index contributed by atoms with van der Waals surface area (Å²) in [6.07, 6.45) is 2.77. The molecule has 92 heavy (non-hydrogen) atoms. The molecule has 1 fully saturated rings. The molecular formula is C83H135ClFN7. The van der Waals surface area contributed by atoms with E-state index >= 15 is 0 Å². The minimum Gasteiger partial charge on any atom is -0.309 e. The van der Waals surface area contributed by atoms with Crippen LogP contribution in [0.5, 0.6) is 0 Å². The summed E-state index contributed by atoms with van der Waals surface area (Å²) in [5.41, 5.74) is 13.3. The molecule has 1 aliphatic carbocycles. The average Bonchev–Trinajstić information content (AvgIpc) is 2.68. The van der Waals surface area contributed by atoms with E-state index in [0.29, 0.717) is 35.3 Å². The minimum atomic E-state index is -0.130. The molecule has 0 amide bonds. The monoisotopic (exact) mass is 1280 g/mol. The van der Waals surface area contributed by atoms with Gasteiger partial charge in [0.25, 0.3) is 0 Å². The Hall–Kier alpha value is -4.74. The van der Waals surface area contributed by atoms with Gasteiger partial charge in [0.15, 0.2) is 0 Å². The number of benzene rings is 6. The van der Waals surface area contributed by atoms with E-state index in [2.05, 4.69) is 354 Å². The van der Waals surface area contributed by atoms with Crippen molar-refractivity contribution in [2.45, 2.75) is 309 Å². The van der Waals surface area contributed by atoms with Gasteiger partial charge in [-0.25, -0.2) is 4.39 Å². The molecule has 7 nitrogen and oxygen atoms in total. The smallest absolute Gasteiger partial charge is 0.126 e. The molecule has 6 atom stereocenters. The fourth-order valence-electron chi connectivity index (χ4n) is 10.3. The van der Waals surface area contributed by atoms with Gasteiger partial charge in [-0.1, -0.05) is 156 Å². The molecule has 0 aliphatic heterocycles. The standard InChI is InChI=1S/C13H20ClN.C13H20FN.2C13H21N.2C12H19N.C7H15N/c1-9-6-7-11(12(14)8-9)10(2)15-13(3,4)5;1-9-6-7-11(8-12(9)14)10(2)15-13(3,4)5;2*1-10-6-8-12(9-7-10)11(2)14-13(3,4)5;2*1-10(13-12(2,3)4)11-8-6-5-7-9-11;1-7(2,3)8-6-4-5-6/h2*6-8,10,15H,1-5H3;2*6-9,11,14H,1-5H3;2*5-10,13H,1-4H3;6,8H,4-5H2,1-3H3. The number of nitrogens with one attached hydrogen (secondary N) is 7. The highest BCUT2D eigenvalue weighted by Gasteiger charge is 2.26. The quantitative estimate of drug-likeness (QED) is 0.0621. The van der Waals surface area contributed by atoms with E-state index in [9.17, 15) is 4.39 Å². The van der Waals surface area contributed by atoms with Gasteiger partial charge >= 0.3 is 0 Å². The van der Waals surface area contributed by atoms with Crippen molar-refractivity contribution in [1.82, 2.24) is 37.2 Å². The van der Waals surface area contributed by atoms with E-state index in [-0.39, 0.29) is 51.1 Å². The van der Waals surface area contributed by atoms with Gasteiger partial charge in [-0.3, -0.25) is 0 Å². The minimum absolute atomic E-state index is 0.0424. The van der Waals surface area contributed by atoms with E-state index in [0.717, 1.165) is 22.2 Å². The molecule has 0 radical (unpaired) electrons. The van der Waals surface area contributed by atoms with Gasteiger partial charge in [0.05, 0.1) is 0 Å². The molecule has 0 heterocycles. The molecule has 6 aromatic rings. The van der Waals surface area contributed by atoms with Gasteiger partial charge < -0.3 is 37.2 Å². The van der Waals surface area contributed by atoms with E-state index in [1.165, 1.54) is 51.8 Å². The van der Waals surface area contributed by atoms with Crippen LogP contribution in [0.3, 0.4) is 0 Å². The second-order valence-corrected chi connectivity index (χ2v) is 33.4. The van der Waals surface area contributed by atoms with E-state index < -0.39 is 0 Å². The Bertz CT molecular complexity index is 2800. The van der Waals surface area contributed by atoms with Crippen LogP contribution in [0, 0.1) is 33.5 Å². The summed E-state index contributed by atoms with van der Waals surface area (Å²) in [6.45, 7) is 66.8. The third-order valence-corrected chi connectivity index (χ3v) is 14.5. The van der Waals surface area contributed by atoms with E-state index in [1.807, 2.05) is 30.3 Å². The number of halogens is 2. The predicted molar refractivity (Wildman–Crippen MR) is 406 cm³/mol. The van der Waals surface area contributed by atoms with Crippen molar-refractivity contribution < 1.29 is 4.39 Å². The zero-order valence-electron chi connectivity index (χ0n) is 64.1. The summed E-state index contributed by atoms with van der Waals surface area (Å²) in [4.78, 5) is 0. The average molecular weight is 1290 g/mol. The molecule has 516 valence electrons. The third kappa shape index (κ3) is 42.6. The molecule has 6 aromatic carbocycles. The van der Waals surface area contributed by atoms with Crippen molar-refractivity contribution in [3.63, 3.8) is 0 Å². The first-order chi connectivity index (χ1) is 41.9. The van der Waals surface area contributed by atoms with Crippen molar-refractivity contribution >= 4 is 11.6 Å². The van der Waals surface area contributed by atoms with Crippen LogP contribution in [0.15, 0.2) is 146 Å². The van der Waals surface area contributed by atoms with Crippen LogP contribution in [0.4, 0.5) is 4.39 Å². The highest BCUT2D eigenvalue weighted by molar-refractivity contribution is 6.31. The molecule has 0 bridgehead atoms. The first-order valence-electron chi connectivity index (χ1n) is 34.1. The molecule has 1 aliphatic rings. The Morgan fingerprint density at radius 2 is 0.598 bits per heavy atom. The fraction of sp³-hybridized carbons (Fsp3) is 0.566. The van der Waals surface area contributed by atoms with Crippen molar-refractivity contribution in [3.8, 4) is 0 Å². The summed E-state index contributed by atoms with van der Waals surface area (Å²) >= 11 is 6.21. The van der Waals surface area contributed by atoms with Crippen molar-refractivity contribution in [2.24, 2.45) is 0 Å². The second kappa shape index (κ2) is 38.7. The van der Waals surface area contributed by atoms with Gasteiger partial charge in [0.1, 0.15) is 5.82 Å². The third-order valence-electron chi connectivity index (χ3n) is 14.2. The van der Waals surface area contributed by atoms with Crippen LogP contribution < -0.4 is 37.2 Å². The van der Waals surface area contributed by atoms with Crippen LogP contribution in [-0.2, 0) is 0 Å². The summed E-state index contributed by atoms with van der Waals surface area (Å²) in [5.74, 6) is -0.130. The largest absolute Gasteiger partial charge is 0.309 e. The van der Waals surface area contributed by atoms with Crippen LogP contribution in [0.2, 0.25) is 5.02 Å². The van der Waals surface area contributed by atoms with Crippen LogP contribution in [-0.4, -0.2) is 44.8 Å². The Labute approximate surface area is 570 Å². The zero-order chi connectivity index (χ0) is 70.8. The number of hydrogen-bond donors (Lipinski definition) is 7. The van der Waals surface area contributed by atoms with Crippen LogP contribution >= 0.6 is 11.6 Å². The lowest BCUT2D eigenvalue weighted by atomic mass is 10.0. The zero-order valence-corrected chi connectivity index (χ0v) is 64.8. The molecule has 0 spiro atoms. The number of hydrogen-bond acceptors (Lipinski definition) is 7.